The predicted molar refractivity (Wildman–Crippen MR) is 71.4 cm³/mol. The van der Waals surface area contributed by atoms with Crippen molar-refractivity contribution in [1.29, 1.82) is 0 Å². The van der Waals surface area contributed by atoms with Crippen molar-refractivity contribution < 1.29 is 4.79 Å². The fraction of sp³-hybridized carbons (Fsp3) is 0.455. The fourth-order valence-electron chi connectivity index (χ4n) is 1.62. The van der Waals surface area contributed by atoms with Crippen LogP contribution in [0.15, 0.2) is 24.5 Å². The highest BCUT2D eigenvalue weighted by molar-refractivity contribution is 5.86. The molecule has 0 aliphatic heterocycles. The van der Waals surface area contributed by atoms with Gasteiger partial charge in [-0.2, -0.15) is 0 Å². The summed E-state index contributed by atoms with van der Waals surface area (Å²) in [6.45, 7) is 1.82. The van der Waals surface area contributed by atoms with Crippen LogP contribution in [-0.2, 0) is 10.3 Å². The molecule has 0 saturated heterocycles. The van der Waals surface area contributed by atoms with Gasteiger partial charge in [0.1, 0.15) is 5.54 Å². The molecule has 1 heterocycles. The van der Waals surface area contributed by atoms with Crippen LogP contribution >= 0.6 is 24.8 Å². The molecule has 96 valence electrons. The Kier molecular flexibility index (Phi) is 5.88. The lowest BCUT2D eigenvalue weighted by atomic mass is 9.92. The van der Waals surface area contributed by atoms with E-state index in [4.69, 9.17) is 5.73 Å². The SMILES string of the molecule is CC(NC1CC1)(C(N)=O)c1ccncc1.Cl.Cl. The minimum absolute atomic E-state index is 0. The quantitative estimate of drug-likeness (QED) is 0.874. The zero-order chi connectivity index (χ0) is 10.9. The second-order valence-corrected chi connectivity index (χ2v) is 4.14. The molecule has 1 amide bonds. The molecule has 17 heavy (non-hydrogen) atoms. The van der Waals surface area contributed by atoms with Gasteiger partial charge in [-0.05, 0) is 37.5 Å². The molecule has 1 aliphatic carbocycles. The minimum atomic E-state index is -0.774. The van der Waals surface area contributed by atoms with Gasteiger partial charge < -0.3 is 5.73 Å². The van der Waals surface area contributed by atoms with Gasteiger partial charge >= 0.3 is 0 Å². The van der Waals surface area contributed by atoms with E-state index < -0.39 is 5.54 Å². The number of halogens is 2. The van der Waals surface area contributed by atoms with Gasteiger partial charge in [0.2, 0.25) is 5.91 Å². The normalized spacial score (nSPS) is 17.2. The van der Waals surface area contributed by atoms with E-state index in [1.807, 2.05) is 19.1 Å². The van der Waals surface area contributed by atoms with Crippen LogP contribution in [0.25, 0.3) is 0 Å². The van der Waals surface area contributed by atoms with Crippen LogP contribution in [0.1, 0.15) is 25.3 Å². The Bertz CT molecular complexity index is 370. The first kappa shape index (κ1) is 16.2. The first-order valence-electron chi connectivity index (χ1n) is 5.11. The number of carbonyl (C=O) groups is 1. The molecule has 0 bridgehead atoms. The molecule has 1 fully saturated rings. The minimum Gasteiger partial charge on any atom is -0.368 e. The van der Waals surface area contributed by atoms with Crippen LogP contribution in [0.4, 0.5) is 0 Å². The molecule has 1 aromatic heterocycles. The van der Waals surface area contributed by atoms with Crippen molar-refractivity contribution in [2.24, 2.45) is 5.73 Å². The monoisotopic (exact) mass is 277 g/mol. The van der Waals surface area contributed by atoms with Crippen LogP contribution in [0.3, 0.4) is 0 Å². The van der Waals surface area contributed by atoms with Gasteiger partial charge in [0.05, 0.1) is 0 Å². The third-order valence-corrected chi connectivity index (χ3v) is 2.82. The maximum absolute atomic E-state index is 11.5. The summed E-state index contributed by atoms with van der Waals surface area (Å²) < 4.78 is 0. The maximum atomic E-state index is 11.5. The standard InChI is InChI=1S/C11H15N3O.2ClH/c1-11(10(12)15,14-9-2-3-9)8-4-6-13-7-5-8;;/h4-7,9,14H,2-3H2,1H3,(H2,12,15);2*1H. The van der Waals surface area contributed by atoms with Gasteiger partial charge in [-0.1, -0.05) is 0 Å². The highest BCUT2D eigenvalue weighted by Gasteiger charge is 2.38. The molecule has 0 aromatic carbocycles. The molecule has 1 aromatic rings. The fourth-order valence-corrected chi connectivity index (χ4v) is 1.62. The zero-order valence-corrected chi connectivity index (χ0v) is 11.2. The molecule has 2 rings (SSSR count). The largest absolute Gasteiger partial charge is 0.368 e. The maximum Gasteiger partial charge on any atom is 0.242 e. The Balaban J connectivity index is 0.00000128. The lowest BCUT2D eigenvalue weighted by Crippen LogP contribution is -2.51. The molecule has 1 saturated carbocycles. The van der Waals surface area contributed by atoms with Gasteiger partial charge in [-0.25, -0.2) is 0 Å². The number of pyridine rings is 1. The van der Waals surface area contributed by atoms with Crippen molar-refractivity contribution in [1.82, 2.24) is 10.3 Å². The summed E-state index contributed by atoms with van der Waals surface area (Å²) in [7, 11) is 0. The Hall–Kier alpha value is -0.840. The Morgan fingerprint density at radius 2 is 1.94 bits per heavy atom. The Morgan fingerprint density at radius 3 is 2.35 bits per heavy atom. The van der Waals surface area contributed by atoms with Crippen molar-refractivity contribution in [3.05, 3.63) is 30.1 Å². The molecular weight excluding hydrogens is 261 g/mol. The first-order chi connectivity index (χ1) is 7.13. The number of primary amides is 1. The summed E-state index contributed by atoms with van der Waals surface area (Å²) in [5.41, 5.74) is 5.56. The molecule has 6 heteroatoms. The van der Waals surface area contributed by atoms with Crippen LogP contribution in [0, 0.1) is 0 Å². The van der Waals surface area contributed by atoms with Gasteiger partial charge in [-0.15, -0.1) is 24.8 Å². The summed E-state index contributed by atoms with van der Waals surface area (Å²) in [5, 5.41) is 3.28. The van der Waals surface area contributed by atoms with Gasteiger partial charge in [0, 0.05) is 18.4 Å². The number of rotatable bonds is 4. The number of aromatic nitrogens is 1. The number of amides is 1. The number of hydrogen-bond acceptors (Lipinski definition) is 3. The van der Waals surface area contributed by atoms with Crippen molar-refractivity contribution in [2.75, 3.05) is 0 Å². The average Bonchev–Trinajstić information content (AvgIpc) is 3.02. The van der Waals surface area contributed by atoms with E-state index in [1.54, 1.807) is 12.4 Å². The molecule has 4 nitrogen and oxygen atoms in total. The van der Waals surface area contributed by atoms with Crippen LogP contribution in [-0.4, -0.2) is 16.9 Å². The lowest BCUT2D eigenvalue weighted by molar-refractivity contribution is -0.124. The molecule has 1 atom stereocenters. The lowest BCUT2D eigenvalue weighted by Gasteiger charge is -2.27. The highest BCUT2D eigenvalue weighted by Crippen LogP contribution is 2.27. The van der Waals surface area contributed by atoms with E-state index >= 15 is 0 Å². The number of nitrogens with zero attached hydrogens (tertiary/aromatic N) is 1. The van der Waals surface area contributed by atoms with Gasteiger partial charge in [0.15, 0.2) is 0 Å². The molecule has 0 spiro atoms. The molecular formula is C11H17Cl2N3O. The van der Waals surface area contributed by atoms with E-state index in [0.29, 0.717) is 6.04 Å². The van der Waals surface area contributed by atoms with Crippen LogP contribution in [0.5, 0.6) is 0 Å². The first-order valence-corrected chi connectivity index (χ1v) is 5.11. The van der Waals surface area contributed by atoms with Crippen molar-refractivity contribution in [3.63, 3.8) is 0 Å². The summed E-state index contributed by atoms with van der Waals surface area (Å²) in [4.78, 5) is 15.5. The summed E-state index contributed by atoms with van der Waals surface area (Å²) in [5.74, 6) is -0.347. The van der Waals surface area contributed by atoms with Gasteiger partial charge in [-0.3, -0.25) is 15.1 Å². The number of hydrogen-bond donors (Lipinski definition) is 2. The predicted octanol–water partition coefficient (Wildman–Crippen LogP) is 1.38. The second-order valence-electron chi connectivity index (χ2n) is 4.14. The second kappa shape index (κ2) is 6.19. The van der Waals surface area contributed by atoms with E-state index in [2.05, 4.69) is 10.3 Å². The van der Waals surface area contributed by atoms with Gasteiger partial charge in [0.25, 0.3) is 0 Å². The smallest absolute Gasteiger partial charge is 0.242 e. The van der Waals surface area contributed by atoms with Crippen molar-refractivity contribution in [2.45, 2.75) is 31.3 Å². The van der Waals surface area contributed by atoms with Crippen molar-refractivity contribution in [3.8, 4) is 0 Å². The third-order valence-electron chi connectivity index (χ3n) is 2.82. The van der Waals surface area contributed by atoms with Crippen LogP contribution in [0.2, 0.25) is 0 Å². The van der Waals surface area contributed by atoms with Crippen molar-refractivity contribution >= 4 is 30.7 Å². The summed E-state index contributed by atoms with van der Waals surface area (Å²) >= 11 is 0. The molecule has 1 unspecified atom stereocenters. The molecule has 1 aliphatic rings. The van der Waals surface area contributed by atoms with E-state index in [-0.39, 0.29) is 30.7 Å². The zero-order valence-electron chi connectivity index (χ0n) is 9.55. The number of nitrogens with two attached hydrogens (primary N) is 1. The Morgan fingerprint density at radius 1 is 1.41 bits per heavy atom. The summed E-state index contributed by atoms with van der Waals surface area (Å²) in [6, 6.07) is 4.07. The highest BCUT2D eigenvalue weighted by atomic mass is 35.5. The average molecular weight is 278 g/mol. The van der Waals surface area contributed by atoms with Crippen LogP contribution < -0.4 is 11.1 Å². The number of nitrogens with one attached hydrogen (secondary N) is 1. The summed E-state index contributed by atoms with van der Waals surface area (Å²) in [6.07, 6.45) is 5.58. The third kappa shape index (κ3) is 3.56. The topological polar surface area (TPSA) is 68.0 Å². The molecule has 0 radical (unpaired) electrons. The van der Waals surface area contributed by atoms with E-state index in [1.165, 1.54) is 0 Å². The van der Waals surface area contributed by atoms with E-state index in [0.717, 1.165) is 18.4 Å². The van der Waals surface area contributed by atoms with E-state index in [9.17, 15) is 4.79 Å². The Labute approximate surface area is 113 Å². The number of carbonyl (C=O) groups excluding carboxylic acids is 1. The molecule has 3 N–H and O–H groups in total.